The molecule has 160 valence electrons. The van der Waals surface area contributed by atoms with Crippen molar-refractivity contribution < 1.29 is 19.1 Å². The lowest BCUT2D eigenvalue weighted by Gasteiger charge is -2.43. The van der Waals surface area contributed by atoms with E-state index in [9.17, 15) is 9.59 Å². The number of benzene rings is 2. The van der Waals surface area contributed by atoms with Crippen LogP contribution in [0.5, 0.6) is 11.5 Å². The molecule has 5 rings (SSSR count). The van der Waals surface area contributed by atoms with E-state index >= 15 is 0 Å². The Kier molecular flexibility index (Phi) is 4.82. The van der Waals surface area contributed by atoms with Gasteiger partial charge in [-0.15, -0.1) is 0 Å². The second kappa shape index (κ2) is 7.54. The summed E-state index contributed by atoms with van der Waals surface area (Å²) < 4.78 is 11.6. The molecule has 1 fully saturated rings. The van der Waals surface area contributed by atoms with Crippen LogP contribution >= 0.6 is 0 Å². The summed E-state index contributed by atoms with van der Waals surface area (Å²) in [6, 6.07) is 11.5. The summed E-state index contributed by atoms with van der Waals surface area (Å²) in [7, 11) is 1.62. The summed E-state index contributed by atoms with van der Waals surface area (Å²) in [6.07, 6.45) is 3.66. The van der Waals surface area contributed by atoms with Crippen LogP contribution in [0.2, 0.25) is 0 Å². The molecule has 0 saturated carbocycles. The second-order valence-corrected chi connectivity index (χ2v) is 8.70. The van der Waals surface area contributed by atoms with Crippen LogP contribution in [0.25, 0.3) is 10.9 Å². The number of likely N-dealkylation sites (tertiary alicyclic amines) is 1. The number of hydrogen-bond donors (Lipinski definition) is 1. The van der Waals surface area contributed by atoms with E-state index in [4.69, 9.17) is 9.47 Å². The van der Waals surface area contributed by atoms with Gasteiger partial charge >= 0.3 is 0 Å². The van der Waals surface area contributed by atoms with Gasteiger partial charge in [-0.25, -0.2) is 0 Å². The van der Waals surface area contributed by atoms with Gasteiger partial charge in [-0.3, -0.25) is 14.5 Å². The van der Waals surface area contributed by atoms with Gasteiger partial charge < -0.3 is 14.5 Å². The summed E-state index contributed by atoms with van der Waals surface area (Å²) >= 11 is 0. The van der Waals surface area contributed by atoms with Crippen molar-refractivity contribution in [3.05, 3.63) is 59.3 Å². The number of Topliss-reactive ketones (excluding diaryl/α,β-unsaturated/α-hetero) is 2. The SMILES string of the molecule is COc1ccc2[nH]cc(C(=O)CN3CCC4(CC3)CC(=O)c3cc(C)ccc3O4)c2c1. The number of fused-ring (bicyclic) bond motifs is 2. The highest BCUT2D eigenvalue weighted by atomic mass is 16.5. The molecule has 1 N–H and O–H groups in total. The molecular weight excluding hydrogens is 392 g/mol. The Morgan fingerprint density at radius 1 is 1.19 bits per heavy atom. The van der Waals surface area contributed by atoms with Gasteiger partial charge in [0, 0.05) is 48.6 Å². The van der Waals surface area contributed by atoms with Gasteiger partial charge in [0.05, 0.1) is 25.6 Å². The molecular formula is C25H26N2O4. The number of hydrogen-bond acceptors (Lipinski definition) is 5. The number of rotatable bonds is 4. The number of aromatic nitrogens is 1. The molecule has 0 radical (unpaired) electrons. The minimum atomic E-state index is -0.451. The average molecular weight is 418 g/mol. The lowest BCUT2D eigenvalue weighted by Crippen LogP contribution is -2.51. The number of carbonyl (C=O) groups is 2. The first-order valence-corrected chi connectivity index (χ1v) is 10.7. The van der Waals surface area contributed by atoms with Gasteiger partial charge in [-0.05, 0) is 37.3 Å². The molecule has 2 aromatic carbocycles. The zero-order chi connectivity index (χ0) is 21.6. The number of nitrogens with one attached hydrogen (secondary N) is 1. The first-order chi connectivity index (χ1) is 15.0. The summed E-state index contributed by atoms with van der Waals surface area (Å²) in [4.78, 5) is 31.1. The molecule has 0 aliphatic carbocycles. The van der Waals surface area contributed by atoms with Crippen molar-refractivity contribution in [1.82, 2.24) is 9.88 Å². The van der Waals surface area contributed by atoms with E-state index in [1.54, 1.807) is 13.3 Å². The Balaban J connectivity index is 1.27. The number of aromatic amines is 1. The van der Waals surface area contributed by atoms with Crippen LogP contribution < -0.4 is 9.47 Å². The minimum Gasteiger partial charge on any atom is -0.497 e. The maximum absolute atomic E-state index is 13.0. The summed E-state index contributed by atoms with van der Waals surface area (Å²) in [6.45, 7) is 3.79. The quantitative estimate of drug-likeness (QED) is 0.644. The fourth-order valence-corrected chi connectivity index (χ4v) is 4.75. The normalized spacial score (nSPS) is 18.1. The van der Waals surface area contributed by atoms with Crippen LogP contribution in [-0.4, -0.2) is 53.8 Å². The number of methoxy groups -OCH3 is 1. The number of nitrogens with zero attached hydrogens (tertiary/aromatic N) is 1. The molecule has 2 aliphatic rings. The van der Waals surface area contributed by atoms with Gasteiger partial charge in [-0.2, -0.15) is 0 Å². The Morgan fingerprint density at radius 3 is 2.77 bits per heavy atom. The maximum Gasteiger partial charge on any atom is 0.178 e. The fourth-order valence-electron chi connectivity index (χ4n) is 4.75. The summed E-state index contributed by atoms with van der Waals surface area (Å²) in [5.41, 5.74) is 2.91. The Morgan fingerprint density at radius 2 is 2.00 bits per heavy atom. The fraction of sp³-hybridized carbons (Fsp3) is 0.360. The molecule has 0 unspecified atom stereocenters. The highest BCUT2D eigenvalue weighted by molar-refractivity contribution is 6.09. The van der Waals surface area contributed by atoms with Crippen LogP contribution in [0, 0.1) is 6.92 Å². The van der Waals surface area contributed by atoms with Crippen molar-refractivity contribution in [3.8, 4) is 11.5 Å². The zero-order valence-corrected chi connectivity index (χ0v) is 17.9. The van der Waals surface area contributed by atoms with Gasteiger partial charge in [0.1, 0.15) is 17.1 Å². The van der Waals surface area contributed by atoms with Crippen molar-refractivity contribution in [1.29, 1.82) is 0 Å². The first-order valence-electron chi connectivity index (χ1n) is 10.7. The largest absolute Gasteiger partial charge is 0.497 e. The number of ether oxygens (including phenoxy) is 2. The van der Waals surface area contributed by atoms with Gasteiger partial charge in [0.25, 0.3) is 0 Å². The monoisotopic (exact) mass is 418 g/mol. The number of piperidine rings is 1. The highest BCUT2D eigenvalue weighted by Gasteiger charge is 2.43. The van der Waals surface area contributed by atoms with E-state index in [0.717, 1.165) is 48.1 Å². The molecule has 3 aromatic rings. The van der Waals surface area contributed by atoms with Crippen molar-refractivity contribution in [2.24, 2.45) is 0 Å². The van der Waals surface area contributed by atoms with E-state index < -0.39 is 5.60 Å². The molecule has 1 aromatic heterocycles. The van der Waals surface area contributed by atoms with E-state index in [1.807, 2.05) is 43.3 Å². The van der Waals surface area contributed by atoms with Crippen LogP contribution in [0.1, 0.15) is 45.5 Å². The second-order valence-electron chi connectivity index (χ2n) is 8.70. The van der Waals surface area contributed by atoms with Gasteiger partial charge in [-0.1, -0.05) is 11.6 Å². The smallest absolute Gasteiger partial charge is 0.178 e. The third kappa shape index (κ3) is 3.61. The Labute approximate surface area is 181 Å². The predicted molar refractivity (Wildman–Crippen MR) is 118 cm³/mol. The van der Waals surface area contributed by atoms with Crippen LogP contribution in [-0.2, 0) is 0 Å². The van der Waals surface area contributed by atoms with Crippen LogP contribution in [0.15, 0.2) is 42.6 Å². The number of H-pyrrole nitrogens is 1. The van der Waals surface area contributed by atoms with Crippen LogP contribution in [0.4, 0.5) is 0 Å². The van der Waals surface area contributed by atoms with E-state index in [2.05, 4.69) is 9.88 Å². The molecule has 31 heavy (non-hydrogen) atoms. The van der Waals surface area contributed by atoms with Gasteiger partial charge in [0.15, 0.2) is 11.6 Å². The van der Waals surface area contributed by atoms with Crippen molar-refractivity contribution in [3.63, 3.8) is 0 Å². The minimum absolute atomic E-state index is 0.0805. The topological polar surface area (TPSA) is 71.6 Å². The molecule has 6 heteroatoms. The number of ketones is 2. The van der Waals surface area contributed by atoms with Crippen molar-refractivity contribution in [2.75, 3.05) is 26.7 Å². The van der Waals surface area contributed by atoms with E-state index in [-0.39, 0.29) is 11.6 Å². The lowest BCUT2D eigenvalue weighted by atomic mass is 9.82. The van der Waals surface area contributed by atoms with Crippen molar-refractivity contribution in [2.45, 2.75) is 31.8 Å². The molecule has 3 heterocycles. The van der Waals surface area contributed by atoms with Crippen molar-refractivity contribution >= 4 is 22.5 Å². The summed E-state index contributed by atoms with van der Waals surface area (Å²) in [5, 5.41) is 0.881. The maximum atomic E-state index is 13.0. The molecule has 0 amide bonds. The standard InChI is InChI=1S/C25H26N2O4/c1-16-3-6-24-19(11-16)22(28)13-25(31-24)7-9-27(10-8-25)15-23(29)20-14-26-21-5-4-17(30-2)12-18(20)21/h3-6,11-12,14,26H,7-10,13,15H2,1-2H3. The van der Waals surface area contributed by atoms with Crippen LogP contribution in [0.3, 0.4) is 0 Å². The summed E-state index contributed by atoms with van der Waals surface area (Å²) in [5.74, 6) is 1.66. The third-order valence-electron chi connectivity index (χ3n) is 6.57. The predicted octanol–water partition coefficient (Wildman–Crippen LogP) is 4.17. The van der Waals surface area contributed by atoms with E-state index in [0.29, 0.717) is 29.8 Å². The van der Waals surface area contributed by atoms with E-state index in [1.165, 1.54) is 0 Å². The Hall–Kier alpha value is -3.12. The first kappa shape index (κ1) is 19.8. The molecule has 6 nitrogen and oxygen atoms in total. The zero-order valence-electron chi connectivity index (χ0n) is 17.9. The lowest BCUT2D eigenvalue weighted by molar-refractivity contribution is -0.00802. The Bertz CT molecular complexity index is 1170. The molecule has 0 atom stereocenters. The molecule has 2 aliphatic heterocycles. The molecule has 1 spiro atoms. The molecule has 0 bridgehead atoms. The third-order valence-corrected chi connectivity index (χ3v) is 6.57. The highest BCUT2D eigenvalue weighted by Crippen LogP contribution is 2.39. The number of carbonyl (C=O) groups excluding carboxylic acids is 2. The number of aryl methyl sites for hydroxylation is 1. The average Bonchev–Trinajstić information content (AvgIpc) is 3.19. The molecule has 1 saturated heterocycles. The van der Waals surface area contributed by atoms with Gasteiger partial charge in [0.2, 0.25) is 0 Å².